The van der Waals surface area contributed by atoms with E-state index in [0.29, 0.717) is 6.04 Å². The topological polar surface area (TPSA) is 39.7 Å². The summed E-state index contributed by atoms with van der Waals surface area (Å²) in [6.07, 6.45) is 2.65. The molecule has 0 spiro atoms. The van der Waals surface area contributed by atoms with E-state index in [-0.39, 0.29) is 0 Å². The van der Waals surface area contributed by atoms with Crippen LogP contribution in [0.4, 0.5) is 0 Å². The molecule has 0 aromatic heterocycles. The quantitative estimate of drug-likeness (QED) is 0.555. The summed E-state index contributed by atoms with van der Waals surface area (Å²) in [7, 11) is 3.71. The van der Waals surface area contributed by atoms with Crippen molar-refractivity contribution in [2.45, 2.75) is 32.7 Å². The van der Waals surface area contributed by atoms with Crippen LogP contribution in [0.25, 0.3) is 0 Å². The Bertz CT molecular complexity index is 225. The van der Waals surface area contributed by atoms with Gasteiger partial charge in [0.25, 0.3) is 0 Å². The molecule has 0 amide bonds. The van der Waals surface area contributed by atoms with E-state index in [0.717, 1.165) is 18.4 Å². The van der Waals surface area contributed by atoms with Crippen molar-refractivity contribution in [2.24, 2.45) is 10.9 Å². The molecule has 1 aliphatic heterocycles. The summed E-state index contributed by atoms with van der Waals surface area (Å²) in [5.41, 5.74) is 0. The highest BCUT2D eigenvalue weighted by atomic mass is 15.2. The molecular weight excluding hydrogens is 200 g/mol. The molecule has 0 aromatic rings. The van der Waals surface area contributed by atoms with Crippen LogP contribution in [0.3, 0.4) is 0 Å². The van der Waals surface area contributed by atoms with Gasteiger partial charge < -0.3 is 15.5 Å². The zero-order chi connectivity index (χ0) is 12.0. The molecule has 1 rings (SSSR count). The van der Waals surface area contributed by atoms with E-state index >= 15 is 0 Å². The number of aliphatic imine (C=N–C) groups is 1. The molecule has 1 heterocycles. The lowest BCUT2D eigenvalue weighted by molar-refractivity contribution is 0.141. The third-order valence-electron chi connectivity index (χ3n) is 3.30. The SMILES string of the molecule is CN=C(NC)NCC1CCCN(C(C)C)C1. The molecule has 0 aliphatic carbocycles. The molecule has 2 N–H and O–H groups in total. The molecule has 94 valence electrons. The highest BCUT2D eigenvalue weighted by Crippen LogP contribution is 2.17. The average Bonchev–Trinajstić information content (AvgIpc) is 2.31. The Balaban J connectivity index is 2.32. The first kappa shape index (κ1) is 13.3. The second-order valence-corrected chi connectivity index (χ2v) is 4.80. The summed E-state index contributed by atoms with van der Waals surface area (Å²) in [5.74, 6) is 1.64. The van der Waals surface area contributed by atoms with Crippen molar-refractivity contribution in [3.8, 4) is 0 Å². The third-order valence-corrected chi connectivity index (χ3v) is 3.30. The van der Waals surface area contributed by atoms with Gasteiger partial charge in [0.15, 0.2) is 5.96 Å². The lowest BCUT2D eigenvalue weighted by Crippen LogP contribution is -2.45. The lowest BCUT2D eigenvalue weighted by Gasteiger charge is -2.35. The standard InChI is InChI=1S/C12H26N4/c1-10(2)16-7-5-6-11(9-16)8-15-12(13-3)14-4/h10-11H,5-9H2,1-4H3,(H2,13,14,15). The van der Waals surface area contributed by atoms with Crippen molar-refractivity contribution in [2.75, 3.05) is 33.7 Å². The van der Waals surface area contributed by atoms with Gasteiger partial charge in [0.1, 0.15) is 0 Å². The molecule has 1 aliphatic rings. The molecule has 0 bridgehead atoms. The first-order chi connectivity index (χ1) is 7.67. The van der Waals surface area contributed by atoms with Crippen LogP contribution in [0.5, 0.6) is 0 Å². The highest BCUT2D eigenvalue weighted by Gasteiger charge is 2.21. The van der Waals surface area contributed by atoms with Crippen LogP contribution < -0.4 is 10.6 Å². The summed E-state index contributed by atoms with van der Waals surface area (Å²) in [6, 6.07) is 0.673. The van der Waals surface area contributed by atoms with Gasteiger partial charge in [-0.1, -0.05) is 0 Å². The van der Waals surface area contributed by atoms with Gasteiger partial charge in [-0.3, -0.25) is 4.99 Å². The van der Waals surface area contributed by atoms with E-state index in [1.807, 2.05) is 7.05 Å². The van der Waals surface area contributed by atoms with Crippen LogP contribution in [0.15, 0.2) is 4.99 Å². The monoisotopic (exact) mass is 226 g/mol. The fraction of sp³-hybridized carbons (Fsp3) is 0.917. The molecule has 4 heteroatoms. The first-order valence-electron chi connectivity index (χ1n) is 6.29. The Labute approximate surface area is 99.5 Å². The van der Waals surface area contributed by atoms with Gasteiger partial charge in [-0.15, -0.1) is 0 Å². The number of piperidine rings is 1. The van der Waals surface area contributed by atoms with Crippen LogP contribution >= 0.6 is 0 Å². The number of hydrogen-bond donors (Lipinski definition) is 2. The Kier molecular flexibility index (Phi) is 5.60. The molecule has 0 radical (unpaired) electrons. The Hall–Kier alpha value is -0.770. The molecule has 0 aromatic carbocycles. The maximum atomic E-state index is 4.13. The van der Waals surface area contributed by atoms with Crippen molar-refractivity contribution in [3.05, 3.63) is 0 Å². The number of likely N-dealkylation sites (tertiary alicyclic amines) is 1. The molecular formula is C12H26N4. The minimum absolute atomic E-state index is 0.673. The summed E-state index contributed by atoms with van der Waals surface area (Å²) < 4.78 is 0. The molecule has 16 heavy (non-hydrogen) atoms. The van der Waals surface area contributed by atoms with E-state index in [1.165, 1.54) is 25.9 Å². The Morgan fingerprint density at radius 1 is 1.50 bits per heavy atom. The van der Waals surface area contributed by atoms with Crippen LogP contribution in [0.2, 0.25) is 0 Å². The predicted octanol–water partition coefficient (Wildman–Crippen LogP) is 0.902. The van der Waals surface area contributed by atoms with Crippen molar-refractivity contribution in [3.63, 3.8) is 0 Å². The normalized spacial score (nSPS) is 23.6. The average molecular weight is 226 g/mol. The molecule has 0 saturated carbocycles. The zero-order valence-corrected chi connectivity index (χ0v) is 11.1. The van der Waals surface area contributed by atoms with E-state index in [1.54, 1.807) is 7.05 Å². The van der Waals surface area contributed by atoms with E-state index in [2.05, 4.69) is 34.4 Å². The smallest absolute Gasteiger partial charge is 0.190 e. The largest absolute Gasteiger partial charge is 0.359 e. The fourth-order valence-corrected chi connectivity index (χ4v) is 2.25. The van der Waals surface area contributed by atoms with Crippen molar-refractivity contribution >= 4 is 5.96 Å². The second-order valence-electron chi connectivity index (χ2n) is 4.80. The molecule has 1 fully saturated rings. The predicted molar refractivity (Wildman–Crippen MR) is 69.9 cm³/mol. The van der Waals surface area contributed by atoms with Crippen molar-refractivity contribution in [1.82, 2.24) is 15.5 Å². The van der Waals surface area contributed by atoms with Gasteiger partial charge in [0, 0.05) is 33.2 Å². The van der Waals surface area contributed by atoms with Crippen molar-refractivity contribution in [1.29, 1.82) is 0 Å². The number of nitrogens with zero attached hydrogens (tertiary/aromatic N) is 2. The maximum absolute atomic E-state index is 4.13. The third kappa shape index (κ3) is 4.00. The minimum Gasteiger partial charge on any atom is -0.359 e. The number of rotatable bonds is 3. The van der Waals surface area contributed by atoms with Crippen LogP contribution in [-0.4, -0.2) is 50.6 Å². The van der Waals surface area contributed by atoms with E-state index in [9.17, 15) is 0 Å². The number of guanidine groups is 1. The molecule has 1 unspecified atom stereocenters. The Morgan fingerprint density at radius 2 is 2.25 bits per heavy atom. The van der Waals surface area contributed by atoms with Gasteiger partial charge in [0.2, 0.25) is 0 Å². The van der Waals surface area contributed by atoms with E-state index < -0.39 is 0 Å². The Morgan fingerprint density at radius 3 is 2.81 bits per heavy atom. The van der Waals surface area contributed by atoms with Gasteiger partial charge in [-0.05, 0) is 39.2 Å². The summed E-state index contributed by atoms with van der Waals surface area (Å²) in [5, 5.41) is 6.41. The second kappa shape index (κ2) is 6.74. The van der Waals surface area contributed by atoms with Gasteiger partial charge >= 0.3 is 0 Å². The summed E-state index contributed by atoms with van der Waals surface area (Å²) >= 11 is 0. The zero-order valence-electron chi connectivity index (χ0n) is 11.1. The van der Waals surface area contributed by atoms with Crippen molar-refractivity contribution < 1.29 is 0 Å². The lowest BCUT2D eigenvalue weighted by atomic mass is 9.97. The minimum atomic E-state index is 0.673. The number of nitrogens with one attached hydrogen (secondary N) is 2. The first-order valence-corrected chi connectivity index (χ1v) is 6.29. The van der Waals surface area contributed by atoms with Gasteiger partial charge in [-0.25, -0.2) is 0 Å². The van der Waals surface area contributed by atoms with Crippen LogP contribution in [0, 0.1) is 5.92 Å². The summed E-state index contributed by atoms with van der Waals surface area (Å²) in [6.45, 7) is 8.06. The molecule has 1 saturated heterocycles. The van der Waals surface area contributed by atoms with Gasteiger partial charge in [-0.2, -0.15) is 0 Å². The van der Waals surface area contributed by atoms with E-state index in [4.69, 9.17) is 0 Å². The molecule has 4 nitrogen and oxygen atoms in total. The maximum Gasteiger partial charge on any atom is 0.190 e. The molecule has 1 atom stereocenters. The fourth-order valence-electron chi connectivity index (χ4n) is 2.25. The summed E-state index contributed by atoms with van der Waals surface area (Å²) in [4.78, 5) is 6.69. The highest BCUT2D eigenvalue weighted by molar-refractivity contribution is 5.79. The van der Waals surface area contributed by atoms with Crippen LogP contribution in [0.1, 0.15) is 26.7 Å². The van der Waals surface area contributed by atoms with Crippen LogP contribution in [-0.2, 0) is 0 Å². The van der Waals surface area contributed by atoms with Gasteiger partial charge in [0.05, 0.1) is 0 Å². The number of hydrogen-bond acceptors (Lipinski definition) is 2.